The van der Waals surface area contributed by atoms with Crippen LogP contribution >= 0.6 is 0 Å². The van der Waals surface area contributed by atoms with Gasteiger partial charge in [0, 0.05) is 12.1 Å². The van der Waals surface area contributed by atoms with Crippen LogP contribution in [0.15, 0.2) is 24.4 Å². The van der Waals surface area contributed by atoms with Crippen molar-refractivity contribution in [3.05, 3.63) is 41.2 Å². The van der Waals surface area contributed by atoms with Crippen molar-refractivity contribution in [3.63, 3.8) is 0 Å². The molecular weight excluding hydrogens is 276 g/mol. The topological polar surface area (TPSA) is 63.0 Å². The molecule has 118 valence electrons. The standard InChI is InChI=1S/C17H24N4O/c1-12-6-13(2)8-16(7-12)21-19-10-15(20-21)9-18-17(3,11-22)14-4-5-14/h6-8,10,14,18,22H,4-5,9,11H2,1-3H3. The Labute approximate surface area is 131 Å². The van der Waals surface area contributed by atoms with Crippen molar-refractivity contribution in [1.29, 1.82) is 0 Å². The molecule has 5 nitrogen and oxygen atoms in total. The molecule has 0 radical (unpaired) electrons. The molecule has 1 saturated carbocycles. The Morgan fingerprint density at radius 1 is 1.27 bits per heavy atom. The van der Waals surface area contributed by atoms with E-state index in [0.29, 0.717) is 12.5 Å². The Bertz CT molecular complexity index is 642. The second-order valence-electron chi connectivity index (χ2n) is 6.67. The van der Waals surface area contributed by atoms with Gasteiger partial charge in [-0.05, 0) is 62.8 Å². The fourth-order valence-corrected chi connectivity index (χ4v) is 2.91. The average Bonchev–Trinajstić information content (AvgIpc) is 3.23. The average molecular weight is 300 g/mol. The van der Waals surface area contributed by atoms with Crippen molar-refractivity contribution < 1.29 is 5.11 Å². The largest absolute Gasteiger partial charge is 0.394 e. The van der Waals surface area contributed by atoms with E-state index in [1.807, 2.05) is 0 Å². The SMILES string of the molecule is Cc1cc(C)cc(-n2ncc(CNC(C)(CO)C3CC3)n2)c1. The smallest absolute Gasteiger partial charge is 0.0969 e. The van der Waals surface area contributed by atoms with E-state index >= 15 is 0 Å². The van der Waals surface area contributed by atoms with Gasteiger partial charge in [0.2, 0.25) is 0 Å². The van der Waals surface area contributed by atoms with Crippen molar-refractivity contribution in [2.45, 2.75) is 45.7 Å². The summed E-state index contributed by atoms with van der Waals surface area (Å²) in [6, 6.07) is 6.29. The number of nitrogens with one attached hydrogen (secondary N) is 1. The van der Waals surface area contributed by atoms with Crippen molar-refractivity contribution in [2.24, 2.45) is 5.92 Å². The van der Waals surface area contributed by atoms with E-state index < -0.39 is 0 Å². The van der Waals surface area contributed by atoms with Crippen molar-refractivity contribution in [1.82, 2.24) is 20.3 Å². The predicted molar refractivity (Wildman–Crippen MR) is 85.9 cm³/mol. The first kappa shape index (κ1) is 15.2. The van der Waals surface area contributed by atoms with Crippen LogP contribution in [0, 0.1) is 19.8 Å². The van der Waals surface area contributed by atoms with Crippen LogP contribution in [0.4, 0.5) is 0 Å². The Balaban J connectivity index is 1.71. The number of rotatable bonds is 6. The lowest BCUT2D eigenvalue weighted by atomic mass is 9.97. The molecule has 2 aromatic rings. The van der Waals surface area contributed by atoms with Gasteiger partial charge in [-0.25, -0.2) is 0 Å². The lowest BCUT2D eigenvalue weighted by Gasteiger charge is -2.28. The van der Waals surface area contributed by atoms with Gasteiger partial charge in [-0.2, -0.15) is 15.0 Å². The molecule has 1 fully saturated rings. The molecule has 1 atom stereocenters. The van der Waals surface area contributed by atoms with Crippen LogP contribution in [0.3, 0.4) is 0 Å². The maximum Gasteiger partial charge on any atom is 0.0969 e. The molecule has 1 heterocycles. The molecule has 1 aromatic carbocycles. The summed E-state index contributed by atoms with van der Waals surface area (Å²) in [6.45, 7) is 7.01. The third-order valence-corrected chi connectivity index (χ3v) is 4.46. The van der Waals surface area contributed by atoms with Crippen LogP contribution in [0.5, 0.6) is 0 Å². The number of hydrogen-bond donors (Lipinski definition) is 2. The Morgan fingerprint density at radius 2 is 1.95 bits per heavy atom. The van der Waals surface area contributed by atoms with E-state index in [1.54, 1.807) is 11.0 Å². The number of nitrogens with zero attached hydrogens (tertiary/aromatic N) is 3. The van der Waals surface area contributed by atoms with E-state index in [2.05, 4.69) is 54.5 Å². The van der Waals surface area contributed by atoms with Crippen LogP contribution in [-0.4, -0.2) is 32.2 Å². The molecular formula is C17H24N4O. The first-order valence-corrected chi connectivity index (χ1v) is 7.86. The van der Waals surface area contributed by atoms with Gasteiger partial charge in [-0.3, -0.25) is 0 Å². The zero-order valence-corrected chi connectivity index (χ0v) is 13.5. The minimum Gasteiger partial charge on any atom is -0.394 e. The van der Waals surface area contributed by atoms with Crippen LogP contribution in [0.1, 0.15) is 36.6 Å². The van der Waals surface area contributed by atoms with Gasteiger partial charge in [0.1, 0.15) is 0 Å². The maximum absolute atomic E-state index is 9.61. The van der Waals surface area contributed by atoms with Gasteiger partial charge < -0.3 is 10.4 Å². The molecule has 1 aliphatic rings. The van der Waals surface area contributed by atoms with E-state index in [-0.39, 0.29) is 12.1 Å². The number of aryl methyl sites for hydroxylation is 2. The molecule has 5 heteroatoms. The minimum atomic E-state index is -0.205. The summed E-state index contributed by atoms with van der Waals surface area (Å²) >= 11 is 0. The first-order valence-electron chi connectivity index (χ1n) is 7.86. The van der Waals surface area contributed by atoms with E-state index in [1.165, 1.54) is 24.0 Å². The van der Waals surface area contributed by atoms with Crippen LogP contribution in [0.2, 0.25) is 0 Å². The van der Waals surface area contributed by atoms with Crippen LogP contribution in [0.25, 0.3) is 5.69 Å². The molecule has 0 bridgehead atoms. The normalized spacial score (nSPS) is 17.5. The second kappa shape index (κ2) is 5.82. The van der Waals surface area contributed by atoms with Crippen molar-refractivity contribution in [2.75, 3.05) is 6.61 Å². The second-order valence-corrected chi connectivity index (χ2v) is 6.67. The minimum absolute atomic E-state index is 0.156. The lowest BCUT2D eigenvalue weighted by Crippen LogP contribution is -2.47. The third kappa shape index (κ3) is 3.20. The molecule has 0 aliphatic heterocycles. The zero-order valence-electron chi connectivity index (χ0n) is 13.5. The van der Waals surface area contributed by atoms with Gasteiger partial charge in [0.25, 0.3) is 0 Å². The summed E-state index contributed by atoms with van der Waals surface area (Å²) < 4.78 is 0. The fourth-order valence-electron chi connectivity index (χ4n) is 2.91. The summed E-state index contributed by atoms with van der Waals surface area (Å²) in [5.74, 6) is 0.576. The molecule has 22 heavy (non-hydrogen) atoms. The van der Waals surface area contributed by atoms with Gasteiger partial charge in [0.05, 0.1) is 24.2 Å². The van der Waals surface area contributed by atoms with Gasteiger partial charge >= 0.3 is 0 Å². The molecule has 0 saturated heterocycles. The molecule has 1 aliphatic carbocycles. The first-order chi connectivity index (χ1) is 10.5. The van der Waals surface area contributed by atoms with E-state index in [9.17, 15) is 5.11 Å². The van der Waals surface area contributed by atoms with E-state index in [0.717, 1.165) is 11.4 Å². The molecule has 1 unspecified atom stereocenters. The summed E-state index contributed by atoms with van der Waals surface area (Å²) in [6.07, 6.45) is 4.17. The summed E-state index contributed by atoms with van der Waals surface area (Å²) in [7, 11) is 0. The number of hydrogen-bond acceptors (Lipinski definition) is 4. The van der Waals surface area contributed by atoms with Gasteiger partial charge in [0.15, 0.2) is 0 Å². The van der Waals surface area contributed by atoms with Crippen molar-refractivity contribution in [3.8, 4) is 5.69 Å². The number of aliphatic hydroxyl groups is 1. The maximum atomic E-state index is 9.61. The number of aliphatic hydroxyl groups excluding tert-OH is 1. The van der Waals surface area contributed by atoms with Crippen molar-refractivity contribution >= 4 is 0 Å². The highest BCUT2D eigenvalue weighted by Gasteiger charge is 2.40. The zero-order chi connectivity index (χ0) is 15.7. The Morgan fingerprint density at radius 3 is 2.55 bits per heavy atom. The van der Waals surface area contributed by atoms with Gasteiger partial charge in [-0.15, -0.1) is 0 Å². The van der Waals surface area contributed by atoms with Gasteiger partial charge in [-0.1, -0.05) is 6.07 Å². The highest BCUT2D eigenvalue weighted by molar-refractivity contribution is 5.37. The molecule has 2 N–H and O–H groups in total. The Kier molecular flexibility index (Phi) is 4.02. The summed E-state index contributed by atoms with van der Waals surface area (Å²) in [5.41, 5.74) is 4.07. The highest BCUT2D eigenvalue weighted by atomic mass is 16.3. The molecule has 0 spiro atoms. The third-order valence-electron chi connectivity index (χ3n) is 4.46. The number of benzene rings is 1. The predicted octanol–water partition coefficient (Wildman–Crippen LogP) is 2.13. The molecule has 3 rings (SSSR count). The molecule has 0 amide bonds. The van der Waals surface area contributed by atoms with Crippen LogP contribution in [-0.2, 0) is 6.54 Å². The fraction of sp³-hybridized carbons (Fsp3) is 0.529. The summed E-state index contributed by atoms with van der Waals surface area (Å²) in [5, 5.41) is 22.0. The van der Waals surface area contributed by atoms with Crippen LogP contribution < -0.4 is 5.32 Å². The van der Waals surface area contributed by atoms with E-state index in [4.69, 9.17) is 0 Å². The summed E-state index contributed by atoms with van der Waals surface area (Å²) in [4.78, 5) is 1.67. The monoisotopic (exact) mass is 300 g/mol. The quantitative estimate of drug-likeness (QED) is 0.858. The lowest BCUT2D eigenvalue weighted by molar-refractivity contribution is 0.153. The Hall–Kier alpha value is -1.72. The highest BCUT2D eigenvalue weighted by Crippen LogP contribution is 2.39. The number of aromatic nitrogens is 3. The molecule has 1 aromatic heterocycles.